The number of carbonyl (C=O) groups is 1. The average molecular weight is 195 g/mol. The van der Waals surface area contributed by atoms with Crippen molar-refractivity contribution in [3.8, 4) is 0 Å². The Morgan fingerprint density at radius 1 is 1.57 bits per heavy atom. The highest BCUT2D eigenvalue weighted by molar-refractivity contribution is 5.80. The van der Waals surface area contributed by atoms with Crippen LogP contribution in [0.1, 0.15) is 44.6 Å². The molecule has 0 bridgehead atoms. The molecular weight excluding hydrogens is 178 g/mol. The van der Waals surface area contributed by atoms with E-state index in [1.165, 1.54) is 4.68 Å². The van der Waals surface area contributed by atoms with Crippen LogP contribution < -0.4 is 5.73 Å². The second-order valence-electron chi connectivity index (χ2n) is 4.36. The van der Waals surface area contributed by atoms with Gasteiger partial charge in [-0.15, -0.1) is 0 Å². The molecule has 4 nitrogen and oxygen atoms in total. The number of carbonyl (C=O) groups excluding carboxylic acids is 1. The molecule has 0 radical (unpaired) electrons. The summed E-state index contributed by atoms with van der Waals surface area (Å²) in [5.41, 5.74) is 6.46. The van der Waals surface area contributed by atoms with E-state index in [4.69, 9.17) is 5.73 Å². The lowest BCUT2D eigenvalue weighted by atomic mass is 9.92. The normalized spacial score (nSPS) is 11.7. The van der Waals surface area contributed by atoms with Gasteiger partial charge in [0.1, 0.15) is 5.82 Å². The van der Waals surface area contributed by atoms with Gasteiger partial charge in [-0.2, -0.15) is 9.78 Å². The summed E-state index contributed by atoms with van der Waals surface area (Å²) < 4.78 is 1.28. The summed E-state index contributed by atoms with van der Waals surface area (Å²) in [6.07, 6.45) is 0.412. The van der Waals surface area contributed by atoms with Crippen LogP contribution in [0.2, 0.25) is 0 Å². The topological polar surface area (TPSA) is 60.9 Å². The molecule has 0 amide bonds. The number of hydrogen-bond acceptors (Lipinski definition) is 3. The Morgan fingerprint density at radius 3 is 2.50 bits per heavy atom. The quantitative estimate of drug-likeness (QED) is 0.743. The van der Waals surface area contributed by atoms with Crippen LogP contribution in [0.3, 0.4) is 0 Å². The Kier molecular flexibility index (Phi) is 2.64. The maximum Gasteiger partial charge on any atom is 0.248 e. The van der Waals surface area contributed by atoms with Gasteiger partial charge in [-0.25, -0.2) is 0 Å². The Morgan fingerprint density at radius 2 is 2.14 bits per heavy atom. The molecule has 0 aliphatic carbocycles. The smallest absolute Gasteiger partial charge is 0.248 e. The predicted molar refractivity (Wildman–Crippen MR) is 56.3 cm³/mol. The highest BCUT2D eigenvalue weighted by Gasteiger charge is 2.20. The van der Waals surface area contributed by atoms with Gasteiger partial charge in [0, 0.05) is 17.9 Å². The Hall–Kier alpha value is -1.32. The zero-order valence-corrected chi connectivity index (χ0v) is 9.16. The predicted octanol–water partition coefficient (Wildman–Crippen LogP) is 1.81. The lowest BCUT2D eigenvalue weighted by molar-refractivity contribution is 0.0895. The van der Waals surface area contributed by atoms with Crippen LogP contribution in [0.15, 0.2) is 6.07 Å². The maximum atomic E-state index is 11.4. The number of nitrogens with two attached hydrogens (primary N) is 1. The monoisotopic (exact) mass is 195 g/mol. The van der Waals surface area contributed by atoms with Crippen molar-refractivity contribution < 1.29 is 4.79 Å². The van der Waals surface area contributed by atoms with Gasteiger partial charge in [0.05, 0.1) is 5.69 Å². The molecule has 0 aromatic carbocycles. The molecule has 2 N–H and O–H groups in total. The van der Waals surface area contributed by atoms with Crippen molar-refractivity contribution >= 4 is 11.7 Å². The Balaban J connectivity index is 3.12. The zero-order chi connectivity index (χ0) is 10.9. The Labute approximate surface area is 84.1 Å². The summed E-state index contributed by atoms with van der Waals surface area (Å²) in [6, 6.07) is 1.76. The van der Waals surface area contributed by atoms with Crippen LogP contribution in [0.25, 0.3) is 0 Å². The van der Waals surface area contributed by atoms with Crippen molar-refractivity contribution in [3.05, 3.63) is 11.8 Å². The van der Waals surface area contributed by atoms with Crippen LogP contribution in [-0.4, -0.2) is 15.7 Å². The molecule has 1 rings (SSSR count). The summed E-state index contributed by atoms with van der Waals surface area (Å²) in [5.74, 6) is 0.347. The first-order valence-electron chi connectivity index (χ1n) is 4.75. The first-order chi connectivity index (χ1) is 6.36. The van der Waals surface area contributed by atoms with Crippen LogP contribution in [0.5, 0.6) is 0 Å². The first-order valence-corrected chi connectivity index (χ1v) is 4.75. The van der Waals surface area contributed by atoms with Crippen molar-refractivity contribution in [2.75, 3.05) is 5.73 Å². The SMILES string of the molecule is CCC(=O)n1nc(C(C)(C)C)cc1N. The van der Waals surface area contributed by atoms with Crippen molar-refractivity contribution in [2.24, 2.45) is 0 Å². The summed E-state index contributed by atoms with van der Waals surface area (Å²) in [4.78, 5) is 11.4. The van der Waals surface area contributed by atoms with Crippen LogP contribution in [0.4, 0.5) is 5.82 Å². The molecule has 0 unspecified atom stereocenters. The van der Waals surface area contributed by atoms with E-state index in [1.807, 2.05) is 20.8 Å². The third kappa shape index (κ3) is 1.95. The number of nitrogen functional groups attached to an aromatic ring is 1. The second-order valence-corrected chi connectivity index (χ2v) is 4.36. The summed E-state index contributed by atoms with van der Waals surface area (Å²) in [6.45, 7) is 7.90. The van der Waals surface area contributed by atoms with E-state index in [-0.39, 0.29) is 11.3 Å². The third-order valence-electron chi connectivity index (χ3n) is 2.04. The van der Waals surface area contributed by atoms with Crippen LogP contribution in [-0.2, 0) is 5.41 Å². The Bertz CT molecular complexity index is 347. The van der Waals surface area contributed by atoms with Crippen LogP contribution in [0, 0.1) is 0 Å². The fraction of sp³-hybridized carbons (Fsp3) is 0.600. The molecule has 0 atom stereocenters. The largest absolute Gasteiger partial charge is 0.383 e. The van der Waals surface area contributed by atoms with Gasteiger partial charge in [-0.3, -0.25) is 4.79 Å². The van der Waals surface area contributed by atoms with E-state index < -0.39 is 0 Å². The zero-order valence-electron chi connectivity index (χ0n) is 9.16. The molecule has 1 aromatic rings. The molecule has 0 fully saturated rings. The standard InChI is InChI=1S/C10H17N3O/c1-5-9(14)13-8(11)6-7(12-13)10(2,3)4/h6H,5,11H2,1-4H3. The molecule has 1 aromatic heterocycles. The van der Waals surface area contributed by atoms with Gasteiger partial charge in [0.2, 0.25) is 5.91 Å². The number of aromatic nitrogens is 2. The minimum atomic E-state index is -0.0760. The molecular formula is C10H17N3O. The highest BCUT2D eigenvalue weighted by Crippen LogP contribution is 2.22. The molecule has 0 aliphatic rings. The molecule has 1 heterocycles. The van der Waals surface area contributed by atoms with Crippen molar-refractivity contribution in [3.63, 3.8) is 0 Å². The van der Waals surface area contributed by atoms with Gasteiger partial charge < -0.3 is 5.73 Å². The van der Waals surface area contributed by atoms with Gasteiger partial charge in [-0.05, 0) is 0 Å². The number of nitrogens with zero attached hydrogens (tertiary/aromatic N) is 2. The minimum Gasteiger partial charge on any atom is -0.383 e. The molecule has 78 valence electrons. The summed E-state index contributed by atoms with van der Waals surface area (Å²) in [7, 11) is 0. The second kappa shape index (κ2) is 3.44. The lowest BCUT2D eigenvalue weighted by Gasteiger charge is -2.13. The lowest BCUT2D eigenvalue weighted by Crippen LogP contribution is -2.16. The number of rotatable bonds is 1. The summed E-state index contributed by atoms with van der Waals surface area (Å²) in [5, 5.41) is 4.19. The van der Waals surface area contributed by atoms with E-state index in [2.05, 4.69) is 5.10 Å². The minimum absolute atomic E-state index is 0.0713. The fourth-order valence-corrected chi connectivity index (χ4v) is 1.11. The fourth-order valence-electron chi connectivity index (χ4n) is 1.11. The third-order valence-corrected chi connectivity index (χ3v) is 2.04. The van der Waals surface area contributed by atoms with Crippen LogP contribution >= 0.6 is 0 Å². The molecule has 0 spiro atoms. The highest BCUT2D eigenvalue weighted by atomic mass is 16.2. The van der Waals surface area contributed by atoms with Crippen molar-refractivity contribution in [1.29, 1.82) is 0 Å². The molecule has 0 saturated carbocycles. The van der Waals surface area contributed by atoms with Gasteiger partial charge in [0.25, 0.3) is 0 Å². The molecule has 0 aliphatic heterocycles. The van der Waals surface area contributed by atoms with Crippen molar-refractivity contribution in [1.82, 2.24) is 9.78 Å². The average Bonchev–Trinajstić information content (AvgIpc) is 2.45. The van der Waals surface area contributed by atoms with Crippen molar-refractivity contribution in [2.45, 2.75) is 39.5 Å². The van der Waals surface area contributed by atoms with E-state index in [0.717, 1.165) is 5.69 Å². The molecule has 14 heavy (non-hydrogen) atoms. The van der Waals surface area contributed by atoms with E-state index in [0.29, 0.717) is 12.2 Å². The number of anilines is 1. The summed E-state index contributed by atoms with van der Waals surface area (Å²) >= 11 is 0. The van der Waals surface area contributed by atoms with E-state index >= 15 is 0 Å². The molecule has 4 heteroatoms. The number of hydrogen-bond donors (Lipinski definition) is 1. The molecule has 0 saturated heterocycles. The maximum absolute atomic E-state index is 11.4. The first kappa shape index (κ1) is 10.8. The van der Waals surface area contributed by atoms with Gasteiger partial charge in [-0.1, -0.05) is 27.7 Å². The van der Waals surface area contributed by atoms with Gasteiger partial charge >= 0.3 is 0 Å². The van der Waals surface area contributed by atoms with E-state index in [1.54, 1.807) is 13.0 Å². The van der Waals surface area contributed by atoms with E-state index in [9.17, 15) is 4.79 Å². The van der Waals surface area contributed by atoms with Gasteiger partial charge in [0.15, 0.2) is 0 Å².